The van der Waals surface area contributed by atoms with Gasteiger partial charge in [-0.25, -0.2) is 0 Å². The number of para-hydroxylation sites is 1. The molecule has 22 heavy (non-hydrogen) atoms. The summed E-state index contributed by atoms with van der Waals surface area (Å²) in [4.78, 5) is 14.9. The Morgan fingerprint density at radius 2 is 1.91 bits per heavy atom. The van der Waals surface area contributed by atoms with E-state index < -0.39 is 0 Å². The van der Waals surface area contributed by atoms with Gasteiger partial charge in [0.1, 0.15) is 12.5 Å². The molecule has 0 bridgehead atoms. The zero-order valence-electron chi connectivity index (χ0n) is 13.2. The number of carbonyl (C=O) groups excluding carboxylic acids is 1. The summed E-state index contributed by atoms with van der Waals surface area (Å²) in [7, 11) is 0. The van der Waals surface area contributed by atoms with Crippen LogP contribution in [0.5, 0.6) is 5.75 Å². The molecule has 1 atom stereocenters. The van der Waals surface area contributed by atoms with Gasteiger partial charge in [0, 0.05) is 18.5 Å². The van der Waals surface area contributed by atoms with E-state index in [1.165, 1.54) is 32.1 Å². The van der Waals surface area contributed by atoms with Crippen LogP contribution >= 0.6 is 0 Å². The molecule has 2 N–H and O–H groups in total. The molecule has 0 spiro atoms. The third-order valence-corrected chi connectivity index (χ3v) is 5.04. The predicted octanol–water partition coefficient (Wildman–Crippen LogP) is 2.71. The second-order valence-electron chi connectivity index (χ2n) is 6.43. The number of likely N-dealkylation sites (tertiary alicyclic amines) is 1. The van der Waals surface area contributed by atoms with E-state index in [0.29, 0.717) is 11.9 Å². The summed E-state index contributed by atoms with van der Waals surface area (Å²) in [6.07, 6.45) is 7.96. The van der Waals surface area contributed by atoms with Crippen LogP contribution in [0.2, 0.25) is 0 Å². The van der Waals surface area contributed by atoms with Gasteiger partial charge in [-0.3, -0.25) is 10.5 Å². The number of nitrogens with two attached hydrogens (primary N) is 1. The van der Waals surface area contributed by atoms with Crippen molar-refractivity contribution in [2.24, 2.45) is 11.7 Å². The average molecular weight is 302 g/mol. The van der Waals surface area contributed by atoms with Crippen LogP contribution in [-0.2, 0) is 11.2 Å². The van der Waals surface area contributed by atoms with Gasteiger partial charge in [0.2, 0.25) is 5.91 Å². The maximum atomic E-state index is 12.7. The number of rotatable bonds is 5. The Morgan fingerprint density at radius 3 is 2.68 bits per heavy atom. The van der Waals surface area contributed by atoms with Gasteiger partial charge in [-0.1, -0.05) is 37.5 Å². The quantitative estimate of drug-likeness (QED) is 0.851. The zero-order valence-corrected chi connectivity index (χ0v) is 13.2. The molecule has 4 heteroatoms. The molecule has 2 aliphatic rings. The molecule has 3 rings (SSSR count). The van der Waals surface area contributed by atoms with Crippen LogP contribution in [0.1, 0.15) is 44.1 Å². The lowest BCUT2D eigenvalue weighted by atomic mass is 9.94. The first-order valence-corrected chi connectivity index (χ1v) is 8.51. The van der Waals surface area contributed by atoms with Crippen molar-refractivity contribution >= 4 is 5.91 Å². The Balaban J connectivity index is 1.65. The maximum Gasteiger partial charge on any atom is 0.226 e. The second kappa shape index (κ2) is 7.14. The van der Waals surface area contributed by atoms with E-state index in [9.17, 15) is 4.79 Å². The number of hydrogen-bond acceptors (Lipinski definition) is 3. The molecule has 1 aliphatic carbocycles. The number of benzene rings is 1. The van der Waals surface area contributed by atoms with Gasteiger partial charge in [0.25, 0.3) is 0 Å². The van der Waals surface area contributed by atoms with Crippen LogP contribution in [0.3, 0.4) is 0 Å². The normalized spacial score (nSPS) is 23.0. The molecular formula is C18H26N2O2. The number of ether oxygens (including phenoxy) is 1. The second-order valence-corrected chi connectivity index (χ2v) is 6.43. The van der Waals surface area contributed by atoms with Crippen molar-refractivity contribution in [2.45, 2.75) is 51.0 Å². The van der Waals surface area contributed by atoms with Crippen molar-refractivity contribution in [1.82, 2.24) is 4.90 Å². The van der Waals surface area contributed by atoms with Gasteiger partial charge in [0.15, 0.2) is 0 Å². The van der Waals surface area contributed by atoms with Gasteiger partial charge in [-0.15, -0.1) is 0 Å². The van der Waals surface area contributed by atoms with Crippen molar-refractivity contribution in [2.75, 3.05) is 13.3 Å². The van der Waals surface area contributed by atoms with E-state index in [0.717, 1.165) is 30.7 Å². The predicted molar refractivity (Wildman–Crippen MR) is 86.5 cm³/mol. The Labute approximate surface area is 132 Å². The fraction of sp³-hybridized carbons (Fsp3) is 0.611. The Kier molecular flexibility index (Phi) is 4.98. The lowest BCUT2D eigenvalue weighted by Crippen LogP contribution is -2.39. The van der Waals surface area contributed by atoms with Crippen LogP contribution in [0.25, 0.3) is 0 Å². The van der Waals surface area contributed by atoms with Gasteiger partial charge < -0.3 is 9.64 Å². The maximum absolute atomic E-state index is 12.7. The number of hydrogen-bond donors (Lipinski definition) is 1. The van der Waals surface area contributed by atoms with Crippen LogP contribution in [0.15, 0.2) is 24.3 Å². The number of amides is 1. The minimum atomic E-state index is 0.101. The van der Waals surface area contributed by atoms with E-state index >= 15 is 0 Å². The fourth-order valence-electron chi connectivity index (χ4n) is 3.88. The third kappa shape index (κ3) is 3.27. The van der Waals surface area contributed by atoms with E-state index in [1.54, 1.807) is 0 Å². The smallest absolute Gasteiger partial charge is 0.226 e. The topological polar surface area (TPSA) is 55.6 Å². The van der Waals surface area contributed by atoms with Gasteiger partial charge >= 0.3 is 0 Å². The molecule has 1 aromatic rings. The Morgan fingerprint density at radius 1 is 1.14 bits per heavy atom. The molecule has 1 aromatic carbocycles. The first-order chi connectivity index (χ1) is 10.8. The summed E-state index contributed by atoms with van der Waals surface area (Å²) < 4.78 is 5.48. The average Bonchev–Trinajstić information content (AvgIpc) is 2.91. The largest absolute Gasteiger partial charge is 0.478 e. The Hall–Kier alpha value is -1.55. The number of carbonyl (C=O) groups is 1. The summed E-state index contributed by atoms with van der Waals surface area (Å²) >= 11 is 0. The van der Waals surface area contributed by atoms with E-state index in [-0.39, 0.29) is 12.6 Å². The molecule has 0 radical (unpaired) electrons. The molecular weight excluding hydrogens is 276 g/mol. The van der Waals surface area contributed by atoms with Crippen LogP contribution < -0.4 is 10.5 Å². The number of nitrogens with zero attached hydrogens (tertiary/aromatic N) is 1. The van der Waals surface area contributed by atoms with Crippen LogP contribution in [0.4, 0.5) is 0 Å². The first-order valence-electron chi connectivity index (χ1n) is 8.51. The van der Waals surface area contributed by atoms with Gasteiger partial charge in [-0.2, -0.15) is 0 Å². The Bertz CT molecular complexity index is 512. The minimum Gasteiger partial charge on any atom is -0.478 e. The van der Waals surface area contributed by atoms with E-state index in [1.807, 2.05) is 24.3 Å². The highest BCUT2D eigenvalue weighted by molar-refractivity contribution is 5.81. The lowest BCUT2D eigenvalue weighted by molar-refractivity contribution is -0.133. The van der Waals surface area contributed by atoms with Crippen molar-refractivity contribution in [3.05, 3.63) is 29.8 Å². The van der Waals surface area contributed by atoms with Crippen LogP contribution in [0, 0.1) is 5.92 Å². The molecule has 1 saturated carbocycles. The van der Waals surface area contributed by atoms with Gasteiger partial charge in [-0.05, 0) is 37.3 Å². The van der Waals surface area contributed by atoms with Crippen molar-refractivity contribution in [3.63, 3.8) is 0 Å². The SMILES string of the molecule is NCOc1ccccc1CC1CCN(C2CCCCC2)C1=O. The zero-order chi connectivity index (χ0) is 15.4. The summed E-state index contributed by atoms with van der Waals surface area (Å²) in [5, 5.41) is 0. The van der Waals surface area contributed by atoms with E-state index in [2.05, 4.69) is 4.90 Å². The van der Waals surface area contributed by atoms with E-state index in [4.69, 9.17) is 10.5 Å². The van der Waals surface area contributed by atoms with Crippen molar-refractivity contribution < 1.29 is 9.53 Å². The molecule has 1 aliphatic heterocycles. The molecule has 1 saturated heterocycles. The lowest BCUT2D eigenvalue weighted by Gasteiger charge is -2.31. The summed E-state index contributed by atoms with van der Waals surface area (Å²) in [5.41, 5.74) is 6.58. The van der Waals surface area contributed by atoms with Crippen molar-refractivity contribution in [3.8, 4) is 5.75 Å². The summed E-state index contributed by atoms with van der Waals surface area (Å²) in [6, 6.07) is 8.40. The fourth-order valence-corrected chi connectivity index (χ4v) is 3.88. The summed E-state index contributed by atoms with van der Waals surface area (Å²) in [6.45, 7) is 1.10. The first kappa shape index (κ1) is 15.3. The highest BCUT2D eigenvalue weighted by Gasteiger charge is 2.36. The molecule has 120 valence electrons. The molecule has 1 unspecified atom stereocenters. The van der Waals surface area contributed by atoms with Crippen molar-refractivity contribution in [1.29, 1.82) is 0 Å². The van der Waals surface area contributed by atoms with Gasteiger partial charge in [0.05, 0.1) is 0 Å². The molecule has 4 nitrogen and oxygen atoms in total. The van der Waals surface area contributed by atoms with Crippen LogP contribution in [-0.4, -0.2) is 30.1 Å². The minimum absolute atomic E-state index is 0.101. The highest BCUT2D eigenvalue weighted by atomic mass is 16.5. The molecule has 0 aromatic heterocycles. The third-order valence-electron chi connectivity index (χ3n) is 5.04. The molecule has 1 heterocycles. The standard InChI is InChI=1S/C18H26N2O2/c19-13-22-17-9-5-4-6-14(17)12-15-10-11-20(18(15)21)16-7-2-1-3-8-16/h4-6,9,15-16H,1-3,7-8,10-13,19H2. The highest BCUT2D eigenvalue weighted by Crippen LogP contribution is 2.31. The summed E-state index contributed by atoms with van der Waals surface area (Å²) in [5.74, 6) is 1.26. The molecule has 2 fully saturated rings. The molecule has 1 amide bonds. The monoisotopic (exact) mass is 302 g/mol.